The van der Waals surface area contributed by atoms with Gasteiger partial charge >= 0.3 is 0 Å². The molecule has 4 N–H and O–H groups in total. The standard InChI is InChI=1S/C34H65IN4O4/c1-3-5-7-9-11-13-15-17-19-24-31(40)36-26-22-21-23-30(34(43)38-28-27-37-33(42)29-35)39-32(41)25-20-18-16-14-12-10-8-6-4-2/h30H,3-29H2,1-2H3,(H,36,40)(H,37,42)(H,38,43)(H,39,41). The van der Waals surface area contributed by atoms with Crippen molar-refractivity contribution < 1.29 is 19.2 Å². The SMILES string of the molecule is CCCCCCCCCCCC(=O)NCCCCC(NC(=O)CCCCCCCCCCC)C(=O)NCCNC(=O)CI. The molecule has 0 aliphatic heterocycles. The van der Waals surface area contributed by atoms with Crippen LogP contribution in [0.2, 0.25) is 0 Å². The normalized spacial score (nSPS) is 11.6. The van der Waals surface area contributed by atoms with Crippen LogP contribution in [0.4, 0.5) is 0 Å². The Kier molecular flexibility index (Phi) is 31.0. The molecular formula is C34H65IN4O4. The van der Waals surface area contributed by atoms with Crippen LogP contribution in [0, 0.1) is 0 Å². The summed E-state index contributed by atoms with van der Waals surface area (Å²) in [7, 11) is 0. The largest absolute Gasteiger partial charge is 0.356 e. The topological polar surface area (TPSA) is 116 Å². The summed E-state index contributed by atoms with van der Waals surface area (Å²) in [4.78, 5) is 49.1. The average molecular weight is 721 g/mol. The Hall–Kier alpha value is -1.39. The number of unbranched alkanes of at least 4 members (excludes halogenated alkanes) is 17. The molecule has 9 heteroatoms. The van der Waals surface area contributed by atoms with Gasteiger partial charge in [0, 0.05) is 32.5 Å². The van der Waals surface area contributed by atoms with Gasteiger partial charge in [-0.05, 0) is 32.1 Å². The zero-order chi connectivity index (χ0) is 31.8. The Morgan fingerprint density at radius 2 is 0.930 bits per heavy atom. The molecule has 0 aromatic rings. The molecule has 0 rings (SSSR count). The lowest BCUT2D eigenvalue weighted by atomic mass is 10.1. The van der Waals surface area contributed by atoms with E-state index in [2.05, 4.69) is 35.1 Å². The maximum atomic E-state index is 12.8. The smallest absolute Gasteiger partial charge is 0.242 e. The lowest BCUT2D eigenvalue weighted by Gasteiger charge is -2.19. The molecule has 1 atom stereocenters. The fourth-order valence-electron chi connectivity index (χ4n) is 5.08. The molecule has 0 fully saturated rings. The highest BCUT2D eigenvalue weighted by Crippen LogP contribution is 2.12. The van der Waals surface area contributed by atoms with Gasteiger partial charge in [0.15, 0.2) is 0 Å². The average Bonchev–Trinajstić information content (AvgIpc) is 3.00. The van der Waals surface area contributed by atoms with Crippen molar-refractivity contribution in [3.05, 3.63) is 0 Å². The Balaban J connectivity index is 4.26. The quantitative estimate of drug-likeness (QED) is 0.0343. The number of halogens is 1. The second-order valence-electron chi connectivity index (χ2n) is 11.9. The summed E-state index contributed by atoms with van der Waals surface area (Å²) in [6.07, 6.45) is 24.8. The minimum Gasteiger partial charge on any atom is -0.356 e. The molecule has 0 bridgehead atoms. The maximum absolute atomic E-state index is 12.8. The van der Waals surface area contributed by atoms with Crippen molar-refractivity contribution in [1.29, 1.82) is 0 Å². The van der Waals surface area contributed by atoms with Crippen LogP contribution in [0.25, 0.3) is 0 Å². The van der Waals surface area contributed by atoms with Crippen molar-refractivity contribution >= 4 is 46.2 Å². The Labute approximate surface area is 277 Å². The van der Waals surface area contributed by atoms with Gasteiger partial charge in [0.25, 0.3) is 0 Å². The molecule has 1 unspecified atom stereocenters. The zero-order valence-corrected chi connectivity index (χ0v) is 29.8. The van der Waals surface area contributed by atoms with Crippen LogP contribution in [0.5, 0.6) is 0 Å². The van der Waals surface area contributed by atoms with E-state index in [9.17, 15) is 19.2 Å². The number of hydrogen-bond donors (Lipinski definition) is 4. The first-order valence-electron chi connectivity index (χ1n) is 17.6. The number of hydrogen-bond acceptors (Lipinski definition) is 4. The van der Waals surface area contributed by atoms with Crippen molar-refractivity contribution in [2.24, 2.45) is 0 Å². The summed E-state index contributed by atoms with van der Waals surface area (Å²) >= 11 is 1.99. The first kappa shape index (κ1) is 41.6. The van der Waals surface area contributed by atoms with Crippen LogP contribution < -0.4 is 21.3 Å². The first-order valence-corrected chi connectivity index (χ1v) is 19.1. The van der Waals surface area contributed by atoms with Crippen molar-refractivity contribution in [2.75, 3.05) is 24.1 Å². The number of nitrogens with one attached hydrogen (secondary N) is 4. The number of carbonyl (C=O) groups is 4. The van der Waals surface area contributed by atoms with E-state index in [1.807, 2.05) is 22.6 Å². The van der Waals surface area contributed by atoms with Crippen LogP contribution in [0.1, 0.15) is 162 Å². The molecular weight excluding hydrogens is 655 g/mol. The fourth-order valence-corrected chi connectivity index (χ4v) is 5.35. The Bertz CT molecular complexity index is 708. The molecule has 0 radical (unpaired) electrons. The summed E-state index contributed by atoms with van der Waals surface area (Å²) in [5.74, 6) is -0.283. The predicted octanol–water partition coefficient (Wildman–Crippen LogP) is 7.27. The fraction of sp³-hybridized carbons (Fsp3) is 0.882. The predicted molar refractivity (Wildman–Crippen MR) is 187 cm³/mol. The molecule has 0 saturated heterocycles. The Morgan fingerprint density at radius 3 is 1.44 bits per heavy atom. The van der Waals surface area contributed by atoms with E-state index in [0.29, 0.717) is 43.3 Å². The third-order valence-corrected chi connectivity index (χ3v) is 8.47. The molecule has 252 valence electrons. The van der Waals surface area contributed by atoms with E-state index >= 15 is 0 Å². The van der Waals surface area contributed by atoms with Gasteiger partial charge in [-0.1, -0.05) is 139 Å². The van der Waals surface area contributed by atoms with E-state index in [0.717, 1.165) is 44.9 Å². The third kappa shape index (κ3) is 29.1. The molecule has 0 heterocycles. The highest BCUT2D eigenvalue weighted by molar-refractivity contribution is 14.1. The molecule has 0 aromatic carbocycles. The van der Waals surface area contributed by atoms with Gasteiger partial charge in [0.2, 0.25) is 23.6 Å². The number of amides is 4. The minimum atomic E-state index is -0.607. The molecule has 0 aliphatic carbocycles. The van der Waals surface area contributed by atoms with Crippen LogP contribution in [0.15, 0.2) is 0 Å². The van der Waals surface area contributed by atoms with Crippen LogP contribution in [-0.2, 0) is 19.2 Å². The van der Waals surface area contributed by atoms with Gasteiger partial charge in [-0.2, -0.15) is 0 Å². The number of alkyl halides is 1. The third-order valence-electron chi connectivity index (χ3n) is 7.78. The van der Waals surface area contributed by atoms with Gasteiger partial charge in [0.05, 0.1) is 4.43 Å². The van der Waals surface area contributed by atoms with Crippen LogP contribution >= 0.6 is 22.6 Å². The second kappa shape index (κ2) is 32.0. The number of rotatable bonds is 31. The van der Waals surface area contributed by atoms with Gasteiger partial charge in [-0.25, -0.2) is 0 Å². The van der Waals surface area contributed by atoms with E-state index < -0.39 is 6.04 Å². The highest BCUT2D eigenvalue weighted by atomic mass is 127. The zero-order valence-electron chi connectivity index (χ0n) is 27.7. The summed E-state index contributed by atoms with van der Waals surface area (Å²) < 4.78 is 0.374. The van der Waals surface area contributed by atoms with E-state index in [4.69, 9.17) is 0 Å². The number of carbonyl (C=O) groups excluding carboxylic acids is 4. The monoisotopic (exact) mass is 720 g/mol. The first-order chi connectivity index (χ1) is 20.9. The van der Waals surface area contributed by atoms with Crippen molar-refractivity contribution in [3.8, 4) is 0 Å². The summed E-state index contributed by atoms with van der Waals surface area (Å²) in [6, 6.07) is -0.607. The van der Waals surface area contributed by atoms with Gasteiger partial charge < -0.3 is 21.3 Å². The lowest BCUT2D eigenvalue weighted by Crippen LogP contribution is -2.48. The summed E-state index contributed by atoms with van der Waals surface area (Å²) in [5, 5.41) is 11.5. The summed E-state index contributed by atoms with van der Waals surface area (Å²) in [5.41, 5.74) is 0. The van der Waals surface area contributed by atoms with E-state index in [1.165, 1.54) is 83.5 Å². The molecule has 0 aliphatic rings. The van der Waals surface area contributed by atoms with Crippen molar-refractivity contribution in [2.45, 2.75) is 168 Å². The van der Waals surface area contributed by atoms with Gasteiger partial charge in [0.1, 0.15) is 6.04 Å². The molecule has 0 spiro atoms. The molecule has 0 aromatic heterocycles. The van der Waals surface area contributed by atoms with Crippen molar-refractivity contribution in [3.63, 3.8) is 0 Å². The van der Waals surface area contributed by atoms with Gasteiger partial charge in [-0.15, -0.1) is 0 Å². The van der Waals surface area contributed by atoms with E-state index in [1.54, 1.807) is 0 Å². The molecule has 0 saturated carbocycles. The minimum absolute atomic E-state index is 0.0690. The van der Waals surface area contributed by atoms with Crippen LogP contribution in [-0.4, -0.2) is 53.7 Å². The van der Waals surface area contributed by atoms with E-state index in [-0.39, 0.29) is 23.6 Å². The second-order valence-corrected chi connectivity index (χ2v) is 12.7. The summed E-state index contributed by atoms with van der Waals surface area (Å²) in [6.45, 7) is 5.73. The lowest BCUT2D eigenvalue weighted by molar-refractivity contribution is -0.129. The highest BCUT2D eigenvalue weighted by Gasteiger charge is 2.20. The molecule has 4 amide bonds. The van der Waals surface area contributed by atoms with Crippen molar-refractivity contribution in [1.82, 2.24) is 21.3 Å². The maximum Gasteiger partial charge on any atom is 0.242 e. The molecule has 43 heavy (non-hydrogen) atoms. The molecule has 8 nitrogen and oxygen atoms in total. The Morgan fingerprint density at radius 1 is 0.488 bits per heavy atom. The van der Waals surface area contributed by atoms with Crippen LogP contribution in [0.3, 0.4) is 0 Å². The van der Waals surface area contributed by atoms with Gasteiger partial charge in [-0.3, -0.25) is 19.2 Å².